The molecule has 3 rings (SSSR count). The van der Waals surface area contributed by atoms with Crippen molar-refractivity contribution in [3.05, 3.63) is 34.9 Å². The minimum Gasteiger partial charge on any atom is -0.361 e. The van der Waals surface area contributed by atoms with Crippen LogP contribution in [-0.2, 0) is 9.59 Å². The zero-order valence-electron chi connectivity index (χ0n) is 10.1. The SMILES string of the molecule is Cc1noc(C)c1C1=CC=C2NC(=O)C(=O)C2C1. The minimum absolute atomic E-state index is 0.362. The zero-order valence-corrected chi connectivity index (χ0v) is 10.1. The van der Waals surface area contributed by atoms with Crippen molar-refractivity contribution in [1.82, 2.24) is 10.5 Å². The number of aryl methyl sites for hydroxylation is 2. The van der Waals surface area contributed by atoms with E-state index < -0.39 is 5.91 Å². The lowest BCUT2D eigenvalue weighted by molar-refractivity contribution is -0.136. The van der Waals surface area contributed by atoms with E-state index in [1.165, 1.54) is 0 Å². The monoisotopic (exact) mass is 244 g/mol. The van der Waals surface area contributed by atoms with Gasteiger partial charge in [-0.2, -0.15) is 0 Å². The van der Waals surface area contributed by atoms with Crippen LogP contribution in [0.2, 0.25) is 0 Å². The summed E-state index contributed by atoms with van der Waals surface area (Å²) in [5, 5.41) is 6.50. The summed E-state index contributed by atoms with van der Waals surface area (Å²) in [7, 11) is 0. The molecule has 1 N–H and O–H groups in total. The highest BCUT2D eigenvalue weighted by Crippen LogP contribution is 2.35. The summed E-state index contributed by atoms with van der Waals surface area (Å²) in [6, 6.07) is 0. The predicted molar refractivity (Wildman–Crippen MR) is 63.3 cm³/mol. The van der Waals surface area contributed by atoms with Crippen molar-refractivity contribution in [2.45, 2.75) is 20.3 Å². The first kappa shape index (κ1) is 11.0. The van der Waals surface area contributed by atoms with Crippen molar-refractivity contribution in [3.63, 3.8) is 0 Å². The highest BCUT2D eigenvalue weighted by molar-refractivity contribution is 6.40. The third kappa shape index (κ3) is 1.44. The Morgan fingerprint density at radius 1 is 1.33 bits per heavy atom. The predicted octanol–water partition coefficient (Wildman–Crippen LogP) is 1.28. The van der Waals surface area contributed by atoms with Gasteiger partial charge in [-0.15, -0.1) is 0 Å². The standard InChI is InChI=1S/C13H12N2O3/c1-6-11(7(2)18-15-6)8-3-4-10-9(5-8)12(16)13(17)14-10/h3-4,9H,5H2,1-2H3,(H,14,17). The van der Waals surface area contributed by atoms with Gasteiger partial charge in [-0.3, -0.25) is 9.59 Å². The quantitative estimate of drug-likeness (QED) is 0.755. The van der Waals surface area contributed by atoms with Crippen molar-refractivity contribution in [2.24, 2.45) is 5.92 Å². The number of carbonyl (C=O) groups excluding carboxylic acids is 2. The van der Waals surface area contributed by atoms with Crippen molar-refractivity contribution in [1.29, 1.82) is 0 Å². The van der Waals surface area contributed by atoms with E-state index in [1.807, 2.05) is 19.9 Å². The van der Waals surface area contributed by atoms with Gasteiger partial charge in [-0.1, -0.05) is 11.2 Å². The Morgan fingerprint density at radius 2 is 2.11 bits per heavy atom. The van der Waals surface area contributed by atoms with Crippen LogP contribution in [0.3, 0.4) is 0 Å². The summed E-state index contributed by atoms with van der Waals surface area (Å²) in [5.41, 5.74) is 3.43. The Labute approximate surface area is 104 Å². The van der Waals surface area contributed by atoms with Gasteiger partial charge in [0.2, 0.25) is 5.78 Å². The topological polar surface area (TPSA) is 72.2 Å². The highest BCUT2D eigenvalue weighted by Gasteiger charge is 2.39. The lowest BCUT2D eigenvalue weighted by Crippen LogP contribution is -2.18. The fourth-order valence-electron chi connectivity index (χ4n) is 2.54. The van der Waals surface area contributed by atoms with E-state index >= 15 is 0 Å². The second-order valence-corrected chi connectivity index (χ2v) is 4.59. The fraction of sp³-hybridized carbons (Fsp3) is 0.308. The first-order valence-electron chi connectivity index (χ1n) is 5.77. The Kier molecular flexibility index (Phi) is 2.23. The first-order valence-corrected chi connectivity index (χ1v) is 5.77. The van der Waals surface area contributed by atoms with E-state index in [9.17, 15) is 9.59 Å². The summed E-state index contributed by atoms with van der Waals surface area (Å²) in [6.07, 6.45) is 4.22. The number of hydrogen-bond donors (Lipinski definition) is 1. The molecule has 1 aliphatic heterocycles. The average molecular weight is 244 g/mol. The molecule has 1 unspecified atom stereocenters. The van der Waals surface area contributed by atoms with Crippen molar-refractivity contribution in [3.8, 4) is 0 Å². The van der Waals surface area contributed by atoms with E-state index in [0.717, 1.165) is 22.6 Å². The summed E-state index contributed by atoms with van der Waals surface area (Å²) >= 11 is 0. The van der Waals surface area contributed by atoms with Gasteiger partial charge in [0.25, 0.3) is 5.91 Å². The zero-order chi connectivity index (χ0) is 12.9. The van der Waals surface area contributed by atoms with Crippen LogP contribution in [-0.4, -0.2) is 16.8 Å². The largest absolute Gasteiger partial charge is 0.361 e. The molecule has 92 valence electrons. The molecular formula is C13H12N2O3. The van der Waals surface area contributed by atoms with Crippen molar-refractivity contribution >= 4 is 17.3 Å². The van der Waals surface area contributed by atoms with E-state index in [-0.39, 0.29) is 11.7 Å². The number of aromatic nitrogens is 1. The number of rotatable bonds is 1. The Hall–Kier alpha value is -2.17. The Balaban J connectivity index is 2.00. The molecule has 1 atom stereocenters. The number of allylic oxidation sites excluding steroid dienone is 4. The van der Waals surface area contributed by atoms with E-state index in [2.05, 4.69) is 10.5 Å². The lowest BCUT2D eigenvalue weighted by Gasteiger charge is -2.16. The van der Waals surface area contributed by atoms with Crippen molar-refractivity contribution in [2.75, 3.05) is 0 Å². The molecule has 1 aliphatic carbocycles. The lowest BCUT2D eigenvalue weighted by atomic mass is 9.86. The molecule has 0 aromatic carbocycles. The molecule has 1 amide bonds. The molecular weight excluding hydrogens is 232 g/mol. The number of Topliss-reactive ketones (excluding diaryl/α,β-unsaturated/α-hetero) is 1. The van der Waals surface area contributed by atoms with Crippen LogP contribution in [0.4, 0.5) is 0 Å². The molecule has 5 nitrogen and oxygen atoms in total. The summed E-state index contributed by atoms with van der Waals surface area (Å²) in [6.45, 7) is 3.71. The summed E-state index contributed by atoms with van der Waals surface area (Å²) < 4.78 is 5.13. The molecule has 1 aromatic heterocycles. The van der Waals surface area contributed by atoms with Gasteiger partial charge < -0.3 is 9.84 Å². The maximum Gasteiger partial charge on any atom is 0.292 e. The van der Waals surface area contributed by atoms with Crippen LogP contribution < -0.4 is 5.32 Å². The smallest absolute Gasteiger partial charge is 0.292 e. The molecule has 0 saturated carbocycles. The van der Waals surface area contributed by atoms with E-state index in [4.69, 9.17) is 4.52 Å². The Bertz CT molecular complexity index is 603. The van der Waals surface area contributed by atoms with Crippen LogP contribution in [0, 0.1) is 19.8 Å². The normalized spacial score (nSPS) is 22.4. The van der Waals surface area contributed by atoms with Gasteiger partial charge in [-0.05, 0) is 31.9 Å². The number of ketones is 1. The molecule has 18 heavy (non-hydrogen) atoms. The van der Waals surface area contributed by atoms with Gasteiger partial charge in [0.1, 0.15) is 5.76 Å². The van der Waals surface area contributed by atoms with E-state index in [1.54, 1.807) is 6.08 Å². The number of fused-ring (bicyclic) bond motifs is 1. The van der Waals surface area contributed by atoms with Crippen molar-refractivity contribution < 1.29 is 14.1 Å². The maximum absolute atomic E-state index is 11.7. The molecule has 0 radical (unpaired) electrons. The van der Waals surface area contributed by atoms with Gasteiger partial charge in [0.05, 0.1) is 11.6 Å². The number of hydrogen-bond acceptors (Lipinski definition) is 4. The first-order chi connectivity index (χ1) is 8.58. The molecule has 1 aromatic rings. The summed E-state index contributed by atoms with van der Waals surface area (Å²) in [5.74, 6) is -0.509. The van der Waals surface area contributed by atoms with Gasteiger partial charge in [0.15, 0.2) is 0 Å². The third-order valence-corrected chi connectivity index (χ3v) is 3.42. The molecule has 1 saturated heterocycles. The molecule has 1 fully saturated rings. The number of nitrogens with zero attached hydrogens (tertiary/aromatic N) is 1. The van der Waals surface area contributed by atoms with Crippen LogP contribution in [0.1, 0.15) is 23.4 Å². The van der Waals surface area contributed by atoms with Gasteiger partial charge >= 0.3 is 0 Å². The average Bonchev–Trinajstić information content (AvgIpc) is 2.82. The molecule has 0 bridgehead atoms. The molecule has 5 heteroatoms. The Morgan fingerprint density at radius 3 is 2.78 bits per heavy atom. The minimum atomic E-state index is -0.514. The number of carbonyl (C=O) groups is 2. The highest BCUT2D eigenvalue weighted by atomic mass is 16.5. The third-order valence-electron chi connectivity index (χ3n) is 3.42. The fourth-order valence-corrected chi connectivity index (χ4v) is 2.54. The van der Waals surface area contributed by atoms with Crippen LogP contribution >= 0.6 is 0 Å². The van der Waals surface area contributed by atoms with Gasteiger partial charge in [0, 0.05) is 11.3 Å². The summed E-state index contributed by atoms with van der Waals surface area (Å²) in [4.78, 5) is 23.0. The number of nitrogens with one attached hydrogen (secondary N) is 1. The maximum atomic E-state index is 11.7. The van der Waals surface area contributed by atoms with Crippen LogP contribution in [0.5, 0.6) is 0 Å². The van der Waals surface area contributed by atoms with E-state index in [0.29, 0.717) is 12.1 Å². The molecule has 0 spiro atoms. The van der Waals surface area contributed by atoms with Gasteiger partial charge in [-0.25, -0.2) is 0 Å². The molecule has 2 heterocycles. The van der Waals surface area contributed by atoms with Crippen LogP contribution in [0.15, 0.2) is 22.4 Å². The second-order valence-electron chi connectivity index (χ2n) is 4.59. The molecule has 2 aliphatic rings. The second kappa shape index (κ2) is 3.66. The number of amides is 1. The van der Waals surface area contributed by atoms with Crippen LogP contribution in [0.25, 0.3) is 5.57 Å².